The number of carboxylic acid groups (broad SMARTS) is 1. The largest absolute Gasteiger partial charge is 0.480 e. The number of aliphatic carboxylic acids is 1. The molecule has 2 atom stereocenters. The summed E-state index contributed by atoms with van der Waals surface area (Å²) < 4.78 is 0. The summed E-state index contributed by atoms with van der Waals surface area (Å²) in [6, 6.07) is 0.183. The predicted molar refractivity (Wildman–Crippen MR) is 84.0 cm³/mol. The lowest BCUT2D eigenvalue weighted by atomic mass is 9.94. The van der Waals surface area contributed by atoms with E-state index in [1.54, 1.807) is 6.92 Å². The maximum Gasteiger partial charge on any atom is 0.323 e. The van der Waals surface area contributed by atoms with E-state index < -0.39 is 11.5 Å². The predicted octanol–water partition coefficient (Wildman–Crippen LogP) is 1.62. The van der Waals surface area contributed by atoms with Crippen LogP contribution in [0, 0.1) is 0 Å². The molecule has 0 aromatic carbocycles. The Hall–Kier alpha value is -0.650. The number of nitrogens with zero attached hydrogens (tertiary/aromatic N) is 2. The molecule has 2 unspecified atom stereocenters. The highest BCUT2D eigenvalue weighted by Crippen LogP contribution is 2.14. The first-order chi connectivity index (χ1) is 9.28. The maximum absolute atomic E-state index is 11.1. The Morgan fingerprint density at radius 3 is 2.15 bits per heavy atom. The third-order valence-electron chi connectivity index (χ3n) is 4.05. The number of hydrogen-bond donors (Lipinski definition) is 2. The summed E-state index contributed by atoms with van der Waals surface area (Å²) in [5.74, 6) is -0.927. The average Bonchev–Trinajstić information content (AvgIpc) is 2.38. The Morgan fingerprint density at radius 2 is 1.75 bits per heavy atom. The molecule has 0 saturated heterocycles. The van der Waals surface area contributed by atoms with Gasteiger partial charge in [0.2, 0.25) is 0 Å². The standard InChI is InChI=1S/C15H33N3O2/c1-6-17(7-2)10-9-11-18(8-3)13(4)12-15(5,16)14(19)20/h13H,6-12,16H2,1-5H3,(H,19,20). The zero-order valence-electron chi connectivity index (χ0n) is 13.9. The highest BCUT2D eigenvalue weighted by atomic mass is 16.4. The minimum absolute atomic E-state index is 0.183. The van der Waals surface area contributed by atoms with Crippen molar-refractivity contribution in [2.24, 2.45) is 5.73 Å². The van der Waals surface area contributed by atoms with E-state index in [0.29, 0.717) is 6.42 Å². The van der Waals surface area contributed by atoms with Gasteiger partial charge >= 0.3 is 5.97 Å². The Bertz CT molecular complexity index is 278. The SMILES string of the molecule is CCN(CC)CCCN(CC)C(C)CC(C)(N)C(=O)O. The van der Waals surface area contributed by atoms with Crippen LogP contribution in [-0.2, 0) is 4.79 Å². The molecule has 5 nitrogen and oxygen atoms in total. The quantitative estimate of drug-likeness (QED) is 0.604. The molecule has 3 N–H and O–H groups in total. The summed E-state index contributed by atoms with van der Waals surface area (Å²) >= 11 is 0. The van der Waals surface area contributed by atoms with Gasteiger partial charge in [0.1, 0.15) is 5.54 Å². The molecule has 0 aromatic heterocycles. The van der Waals surface area contributed by atoms with Crippen molar-refractivity contribution in [2.75, 3.05) is 32.7 Å². The molecule has 0 amide bonds. The maximum atomic E-state index is 11.1. The first-order valence-corrected chi connectivity index (χ1v) is 7.77. The number of hydrogen-bond acceptors (Lipinski definition) is 4. The van der Waals surface area contributed by atoms with Crippen molar-refractivity contribution >= 4 is 5.97 Å². The molecule has 0 rings (SSSR count). The van der Waals surface area contributed by atoms with E-state index in [2.05, 4.69) is 37.5 Å². The summed E-state index contributed by atoms with van der Waals surface area (Å²) in [7, 11) is 0. The van der Waals surface area contributed by atoms with Crippen molar-refractivity contribution in [1.29, 1.82) is 0 Å². The molecular formula is C15H33N3O2. The number of carboxylic acids is 1. The monoisotopic (exact) mass is 287 g/mol. The zero-order valence-corrected chi connectivity index (χ0v) is 13.9. The molecule has 120 valence electrons. The lowest BCUT2D eigenvalue weighted by Crippen LogP contribution is -2.50. The van der Waals surface area contributed by atoms with Crippen LogP contribution in [0.25, 0.3) is 0 Å². The van der Waals surface area contributed by atoms with Crippen LogP contribution in [0.4, 0.5) is 0 Å². The van der Waals surface area contributed by atoms with E-state index in [9.17, 15) is 4.79 Å². The van der Waals surface area contributed by atoms with Gasteiger partial charge in [-0.05, 0) is 59.4 Å². The lowest BCUT2D eigenvalue weighted by Gasteiger charge is -2.32. The van der Waals surface area contributed by atoms with Crippen LogP contribution in [0.5, 0.6) is 0 Å². The summed E-state index contributed by atoms with van der Waals surface area (Å²) in [5, 5.41) is 9.11. The van der Waals surface area contributed by atoms with Crippen molar-refractivity contribution in [1.82, 2.24) is 9.80 Å². The molecule has 0 heterocycles. The number of carbonyl (C=O) groups is 1. The third-order valence-corrected chi connectivity index (χ3v) is 4.05. The van der Waals surface area contributed by atoms with Gasteiger partial charge in [0, 0.05) is 6.04 Å². The minimum Gasteiger partial charge on any atom is -0.480 e. The fourth-order valence-electron chi connectivity index (χ4n) is 2.56. The fourth-order valence-corrected chi connectivity index (χ4v) is 2.56. The van der Waals surface area contributed by atoms with Crippen molar-refractivity contribution in [3.63, 3.8) is 0 Å². The molecule has 5 heteroatoms. The van der Waals surface area contributed by atoms with Crippen LogP contribution in [0.2, 0.25) is 0 Å². The van der Waals surface area contributed by atoms with E-state index in [1.165, 1.54) is 0 Å². The van der Waals surface area contributed by atoms with Crippen LogP contribution in [-0.4, -0.2) is 65.2 Å². The summed E-state index contributed by atoms with van der Waals surface area (Å²) in [6.07, 6.45) is 1.58. The van der Waals surface area contributed by atoms with Gasteiger partial charge in [0.05, 0.1) is 0 Å². The topological polar surface area (TPSA) is 69.8 Å². The van der Waals surface area contributed by atoms with E-state index in [-0.39, 0.29) is 6.04 Å². The highest BCUT2D eigenvalue weighted by molar-refractivity contribution is 5.77. The fraction of sp³-hybridized carbons (Fsp3) is 0.933. The van der Waals surface area contributed by atoms with Crippen LogP contribution in [0.3, 0.4) is 0 Å². The van der Waals surface area contributed by atoms with Crippen LogP contribution < -0.4 is 5.73 Å². The Labute approximate surface area is 124 Å². The van der Waals surface area contributed by atoms with Crippen molar-refractivity contribution in [3.8, 4) is 0 Å². The van der Waals surface area contributed by atoms with E-state index in [0.717, 1.165) is 39.1 Å². The van der Waals surface area contributed by atoms with Crippen molar-refractivity contribution in [2.45, 2.75) is 59.0 Å². The van der Waals surface area contributed by atoms with Gasteiger partial charge in [-0.1, -0.05) is 20.8 Å². The zero-order chi connectivity index (χ0) is 15.8. The second kappa shape index (κ2) is 9.32. The Kier molecular flexibility index (Phi) is 9.01. The van der Waals surface area contributed by atoms with Crippen LogP contribution in [0.15, 0.2) is 0 Å². The van der Waals surface area contributed by atoms with E-state index >= 15 is 0 Å². The molecule has 0 aliphatic carbocycles. The normalized spacial score (nSPS) is 16.4. The number of nitrogens with two attached hydrogens (primary N) is 1. The molecule has 0 spiro atoms. The molecule has 0 radical (unpaired) electrons. The summed E-state index contributed by atoms with van der Waals surface area (Å²) in [6.45, 7) is 15.3. The second-order valence-electron chi connectivity index (χ2n) is 5.78. The van der Waals surface area contributed by atoms with Gasteiger partial charge in [-0.15, -0.1) is 0 Å². The molecule has 0 bridgehead atoms. The van der Waals surface area contributed by atoms with Gasteiger partial charge in [-0.25, -0.2) is 0 Å². The molecule has 20 heavy (non-hydrogen) atoms. The number of rotatable bonds is 11. The smallest absolute Gasteiger partial charge is 0.323 e. The van der Waals surface area contributed by atoms with Crippen molar-refractivity contribution in [3.05, 3.63) is 0 Å². The molecule has 0 aliphatic heterocycles. The van der Waals surface area contributed by atoms with E-state index in [1.807, 2.05) is 0 Å². The van der Waals surface area contributed by atoms with Crippen LogP contribution in [0.1, 0.15) is 47.5 Å². The van der Waals surface area contributed by atoms with Gasteiger partial charge in [0.15, 0.2) is 0 Å². The van der Waals surface area contributed by atoms with E-state index in [4.69, 9.17) is 10.8 Å². The van der Waals surface area contributed by atoms with Crippen molar-refractivity contribution < 1.29 is 9.90 Å². The first-order valence-electron chi connectivity index (χ1n) is 7.77. The highest BCUT2D eigenvalue weighted by Gasteiger charge is 2.31. The molecule has 0 saturated carbocycles. The van der Waals surface area contributed by atoms with Gasteiger partial charge in [-0.3, -0.25) is 4.79 Å². The van der Waals surface area contributed by atoms with Gasteiger partial charge in [0.25, 0.3) is 0 Å². The molecule has 0 aliphatic rings. The second-order valence-corrected chi connectivity index (χ2v) is 5.78. The Balaban J connectivity index is 4.28. The molecular weight excluding hydrogens is 254 g/mol. The van der Waals surface area contributed by atoms with Crippen LogP contribution >= 0.6 is 0 Å². The third kappa shape index (κ3) is 6.68. The molecule has 0 aromatic rings. The average molecular weight is 287 g/mol. The minimum atomic E-state index is -1.15. The molecule has 0 fully saturated rings. The lowest BCUT2D eigenvalue weighted by molar-refractivity contribution is -0.143. The van der Waals surface area contributed by atoms with Gasteiger partial charge < -0.3 is 20.6 Å². The summed E-state index contributed by atoms with van der Waals surface area (Å²) in [5.41, 5.74) is 4.69. The first kappa shape index (κ1) is 19.4. The van der Waals surface area contributed by atoms with Gasteiger partial charge in [-0.2, -0.15) is 0 Å². The summed E-state index contributed by atoms with van der Waals surface area (Å²) in [4.78, 5) is 15.8. The Morgan fingerprint density at radius 1 is 1.20 bits per heavy atom.